The van der Waals surface area contributed by atoms with Gasteiger partial charge in [0.1, 0.15) is 11.6 Å². The fourth-order valence-corrected chi connectivity index (χ4v) is 6.20. The van der Waals surface area contributed by atoms with E-state index in [-0.39, 0.29) is 48.5 Å². The van der Waals surface area contributed by atoms with Gasteiger partial charge in [-0.2, -0.15) is 5.10 Å². The quantitative estimate of drug-likeness (QED) is 0.361. The molecule has 6 rings (SSSR count). The molecule has 0 bridgehead atoms. The molecule has 3 fully saturated rings. The fourth-order valence-electron chi connectivity index (χ4n) is 6.20. The van der Waals surface area contributed by atoms with Crippen LogP contribution in [0.3, 0.4) is 0 Å². The summed E-state index contributed by atoms with van der Waals surface area (Å²) in [5, 5.41) is 9.99. The molecule has 1 aliphatic carbocycles. The number of anilines is 1. The van der Waals surface area contributed by atoms with Gasteiger partial charge in [0.15, 0.2) is 5.60 Å². The van der Waals surface area contributed by atoms with Crippen LogP contribution in [-0.2, 0) is 16.1 Å². The lowest BCUT2D eigenvalue weighted by atomic mass is 9.95. The molecule has 2 amide bonds. The average molecular weight is 625 g/mol. The first-order valence-corrected chi connectivity index (χ1v) is 15.4. The summed E-state index contributed by atoms with van der Waals surface area (Å²) in [6, 6.07) is 13.2. The van der Waals surface area contributed by atoms with Gasteiger partial charge in [0.05, 0.1) is 12.1 Å². The molecule has 2 saturated heterocycles. The van der Waals surface area contributed by atoms with E-state index in [9.17, 15) is 9.59 Å². The number of ether oxygens (including phenoxy) is 1. The van der Waals surface area contributed by atoms with Crippen LogP contribution < -0.4 is 15.0 Å². The normalized spacial score (nSPS) is 18.8. The molecule has 3 heterocycles. The maximum Gasteiger partial charge on any atom is 0.266 e. The van der Waals surface area contributed by atoms with Crippen LogP contribution in [0, 0.1) is 11.7 Å². The number of carbonyl (C=O) groups is 2. The Morgan fingerprint density at radius 2 is 1.86 bits per heavy atom. The van der Waals surface area contributed by atoms with Crippen LogP contribution in [0.25, 0.3) is 11.1 Å². The van der Waals surface area contributed by atoms with Crippen LogP contribution in [0.4, 0.5) is 10.1 Å². The number of benzene rings is 2. The second-order valence-electron chi connectivity index (χ2n) is 12.4. The van der Waals surface area contributed by atoms with E-state index in [0.29, 0.717) is 30.9 Å². The maximum atomic E-state index is 15.2. The Morgan fingerprint density at radius 1 is 1.07 bits per heavy atom. The van der Waals surface area contributed by atoms with Crippen molar-refractivity contribution in [3.63, 3.8) is 0 Å². The molecule has 1 unspecified atom stereocenters. The molecule has 3 aromatic rings. The van der Waals surface area contributed by atoms with Crippen molar-refractivity contribution in [1.29, 1.82) is 0 Å². The number of carbonyl (C=O) groups excluding carboxylic acids is 2. The molecule has 0 spiro atoms. The van der Waals surface area contributed by atoms with E-state index in [0.717, 1.165) is 62.1 Å². The van der Waals surface area contributed by atoms with Gasteiger partial charge in [0.25, 0.3) is 5.91 Å². The molecule has 1 saturated carbocycles. The Bertz CT molecular complexity index is 1440. The molecule has 0 radical (unpaired) electrons. The van der Waals surface area contributed by atoms with Crippen molar-refractivity contribution in [3.8, 4) is 16.9 Å². The highest BCUT2D eigenvalue weighted by atomic mass is 35.5. The number of piperidine rings is 1. The molecule has 3 aliphatic rings. The highest BCUT2D eigenvalue weighted by Crippen LogP contribution is 2.34. The summed E-state index contributed by atoms with van der Waals surface area (Å²) < 4.78 is 21.4. The predicted molar refractivity (Wildman–Crippen MR) is 170 cm³/mol. The molecule has 1 atom stereocenters. The molecule has 2 aromatic carbocycles. The Morgan fingerprint density at radius 3 is 2.57 bits per heavy atom. The van der Waals surface area contributed by atoms with Gasteiger partial charge in [-0.1, -0.05) is 18.2 Å². The van der Waals surface area contributed by atoms with E-state index in [1.807, 2.05) is 54.0 Å². The zero-order valence-corrected chi connectivity index (χ0v) is 26.2. The first kappa shape index (κ1) is 31.8. The van der Waals surface area contributed by atoms with Crippen molar-refractivity contribution in [3.05, 3.63) is 66.2 Å². The van der Waals surface area contributed by atoms with E-state index in [1.54, 1.807) is 18.5 Å². The van der Waals surface area contributed by atoms with Crippen molar-refractivity contribution in [1.82, 2.24) is 25.3 Å². The lowest BCUT2D eigenvalue weighted by Gasteiger charge is -2.37. The number of aromatic nitrogens is 2. The first-order chi connectivity index (χ1) is 20.8. The average Bonchev–Trinajstić information content (AvgIpc) is 3.72. The van der Waals surface area contributed by atoms with Gasteiger partial charge in [-0.05, 0) is 63.3 Å². The molecule has 44 heavy (non-hydrogen) atoms. The summed E-state index contributed by atoms with van der Waals surface area (Å²) in [4.78, 5) is 33.0. The van der Waals surface area contributed by atoms with E-state index < -0.39 is 5.60 Å². The van der Waals surface area contributed by atoms with E-state index >= 15 is 4.39 Å². The largest absolute Gasteiger partial charge is 0.478 e. The van der Waals surface area contributed by atoms with Crippen molar-refractivity contribution < 1.29 is 18.7 Å². The molecule has 236 valence electrons. The third-order valence-electron chi connectivity index (χ3n) is 8.74. The van der Waals surface area contributed by atoms with Crippen molar-refractivity contribution >= 4 is 29.9 Å². The molecular formula is C33H42ClFN6O3. The number of hydrogen-bond donors (Lipinski definition) is 2. The molecule has 2 aliphatic heterocycles. The highest BCUT2D eigenvalue weighted by Gasteiger charge is 2.38. The van der Waals surface area contributed by atoms with Crippen LogP contribution in [0.5, 0.6) is 5.75 Å². The second-order valence-corrected chi connectivity index (χ2v) is 12.4. The topological polar surface area (TPSA) is 93.8 Å². The summed E-state index contributed by atoms with van der Waals surface area (Å²) in [5.74, 6) is 0.236. The molecule has 2 N–H and O–H groups in total. The molecule has 1 aromatic heterocycles. The number of nitrogens with zero attached hydrogens (tertiary/aromatic N) is 4. The van der Waals surface area contributed by atoms with Crippen molar-refractivity contribution in [2.45, 2.75) is 57.7 Å². The minimum Gasteiger partial charge on any atom is -0.478 e. The molecule has 9 nitrogen and oxygen atoms in total. The number of hydrogen-bond acceptors (Lipinski definition) is 6. The van der Waals surface area contributed by atoms with Crippen molar-refractivity contribution in [2.24, 2.45) is 5.92 Å². The number of rotatable bonds is 9. The van der Waals surface area contributed by atoms with Gasteiger partial charge in [0, 0.05) is 80.9 Å². The van der Waals surface area contributed by atoms with Gasteiger partial charge in [-0.25, -0.2) is 4.39 Å². The van der Waals surface area contributed by atoms with Crippen LogP contribution in [0.15, 0.2) is 54.9 Å². The van der Waals surface area contributed by atoms with E-state index in [4.69, 9.17) is 4.74 Å². The summed E-state index contributed by atoms with van der Waals surface area (Å²) in [5.41, 5.74) is 2.09. The third-order valence-corrected chi connectivity index (χ3v) is 8.74. The van der Waals surface area contributed by atoms with Gasteiger partial charge < -0.3 is 24.8 Å². The Labute approximate surface area is 264 Å². The Hall–Kier alpha value is -3.63. The van der Waals surface area contributed by atoms with Gasteiger partial charge in [-0.15, -0.1) is 12.4 Å². The molecule has 11 heteroatoms. The fraction of sp³-hybridized carbons (Fsp3) is 0.485. The Balaban J connectivity index is 0.00000384. The summed E-state index contributed by atoms with van der Waals surface area (Å²) in [6.45, 7) is 8.28. The number of piperazine rings is 1. The summed E-state index contributed by atoms with van der Waals surface area (Å²) in [6.07, 6.45) is 7.01. The summed E-state index contributed by atoms with van der Waals surface area (Å²) in [7, 11) is 0. The first-order valence-electron chi connectivity index (χ1n) is 15.4. The maximum absolute atomic E-state index is 15.2. The minimum atomic E-state index is -0.993. The summed E-state index contributed by atoms with van der Waals surface area (Å²) >= 11 is 0. The number of nitrogens with one attached hydrogen (secondary N) is 2. The van der Waals surface area contributed by atoms with E-state index in [2.05, 4.69) is 20.4 Å². The standard InChI is InChI=1S/C33H41FN6O3.ClH/c1-33(2,32(42)38-15-12-35-13-16-38)43-29-7-3-6-28(18-29)39-14-4-5-25(21-39)31(41)40(27-10-11-27)22-24-9-8-23(17-30(24)34)26-19-36-37-20-26;/h3,6-9,17-20,25,27,35H,4-5,10-16,21-22H2,1-2H3,(H,36,37);1H. The van der Waals surface area contributed by atoms with Crippen LogP contribution in [-0.4, -0.2) is 82.7 Å². The van der Waals surface area contributed by atoms with Gasteiger partial charge >= 0.3 is 0 Å². The Kier molecular flexibility index (Phi) is 9.80. The SMILES string of the molecule is CC(C)(Oc1cccc(N2CCCC(C(=O)N(Cc3ccc(-c4cn[nH]c4)cc3F)C3CC3)C2)c1)C(=O)N1CCNCC1.Cl. The lowest BCUT2D eigenvalue weighted by molar-refractivity contribution is -0.146. The smallest absolute Gasteiger partial charge is 0.266 e. The third kappa shape index (κ3) is 7.18. The predicted octanol–water partition coefficient (Wildman–Crippen LogP) is 4.63. The zero-order chi connectivity index (χ0) is 30.0. The van der Waals surface area contributed by atoms with Crippen LogP contribution >= 0.6 is 12.4 Å². The second kappa shape index (κ2) is 13.6. The monoisotopic (exact) mass is 624 g/mol. The number of halogens is 2. The van der Waals surface area contributed by atoms with Gasteiger partial charge in [-0.3, -0.25) is 14.7 Å². The van der Waals surface area contributed by atoms with Crippen molar-refractivity contribution in [2.75, 3.05) is 44.2 Å². The van der Waals surface area contributed by atoms with Crippen LogP contribution in [0.1, 0.15) is 45.1 Å². The molecular weight excluding hydrogens is 583 g/mol. The zero-order valence-electron chi connectivity index (χ0n) is 25.4. The minimum absolute atomic E-state index is 0. The number of amides is 2. The number of H-pyrrole nitrogens is 1. The lowest BCUT2D eigenvalue weighted by Crippen LogP contribution is -2.54. The highest BCUT2D eigenvalue weighted by molar-refractivity contribution is 5.85. The van der Waals surface area contributed by atoms with Crippen LogP contribution in [0.2, 0.25) is 0 Å². The van der Waals surface area contributed by atoms with Gasteiger partial charge in [0.2, 0.25) is 5.91 Å². The number of aromatic amines is 1. The van der Waals surface area contributed by atoms with E-state index in [1.165, 1.54) is 6.07 Å².